The highest BCUT2D eigenvalue weighted by atomic mass is 16.6. The van der Waals surface area contributed by atoms with Crippen molar-refractivity contribution in [1.29, 1.82) is 0 Å². The number of esters is 1. The second-order valence-corrected chi connectivity index (χ2v) is 7.29. The van der Waals surface area contributed by atoms with Crippen LogP contribution in [-0.2, 0) is 38.0 Å². The molecule has 0 aromatic rings. The van der Waals surface area contributed by atoms with Crippen LogP contribution in [0.2, 0.25) is 0 Å². The highest BCUT2D eigenvalue weighted by Gasteiger charge is 2.13. The first-order chi connectivity index (χ1) is 15.2. The predicted molar refractivity (Wildman–Crippen MR) is 115 cm³/mol. The maximum absolute atomic E-state index is 12.6. The van der Waals surface area contributed by atoms with Gasteiger partial charge in [-0.15, -0.1) is 0 Å². The second kappa shape index (κ2) is 20.6. The molecule has 182 valence electrons. The molecule has 0 saturated carbocycles. The summed E-state index contributed by atoms with van der Waals surface area (Å²) in [6, 6.07) is 0. The molecule has 0 bridgehead atoms. The number of hydrogen-bond donors (Lipinski definition) is 0. The quantitative estimate of drug-likeness (QED) is 0.411. The lowest BCUT2D eigenvalue weighted by atomic mass is 10.1. The summed E-state index contributed by atoms with van der Waals surface area (Å²) in [4.78, 5) is 25.5. The molecule has 1 heterocycles. The first-order valence-electron chi connectivity index (χ1n) is 11.5. The Labute approximate surface area is 186 Å². The van der Waals surface area contributed by atoms with Crippen molar-refractivity contribution in [1.82, 2.24) is 4.90 Å². The molecule has 0 N–H and O–H groups in total. The van der Waals surface area contributed by atoms with Crippen LogP contribution < -0.4 is 0 Å². The smallest absolute Gasteiger partial charge is 0.305 e. The van der Waals surface area contributed by atoms with Crippen LogP contribution in [0.1, 0.15) is 44.9 Å². The van der Waals surface area contributed by atoms with Crippen LogP contribution in [0.3, 0.4) is 0 Å². The summed E-state index contributed by atoms with van der Waals surface area (Å²) in [7, 11) is 1.41. The molecular weight excluding hydrogens is 406 g/mol. The van der Waals surface area contributed by atoms with E-state index < -0.39 is 0 Å². The van der Waals surface area contributed by atoms with Gasteiger partial charge >= 0.3 is 5.97 Å². The van der Waals surface area contributed by atoms with Crippen molar-refractivity contribution in [3.05, 3.63) is 0 Å². The normalized spacial score (nSPS) is 18.7. The van der Waals surface area contributed by atoms with E-state index in [4.69, 9.17) is 23.7 Å². The van der Waals surface area contributed by atoms with E-state index in [9.17, 15) is 9.59 Å². The zero-order valence-corrected chi connectivity index (χ0v) is 19.1. The minimum Gasteiger partial charge on any atom is -0.469 e. The summed E-state index contributed by atoms with van der Waals surface area (Å²) < 4.78 is 32.1. The monoisotopic (exact) mass is 447 g/mol. The van der Waals surface area contributed by atoms with E-state index >= 15 is 0 Å². The highest BCUT2D eigenvalue weighted by molar-refractivity contribution is 5.76. The van der Waals surface area contributed by atoms with Crippen molar-refractivity contribution in [3.63, 3.8) is 0 Å². The van der Waals surface area contributed by atoms with Crippen molar-refractivity contribution in [2.45, 2.75) is 44.9 Å². The molecule has 0 aromatic heterocycles. The molecule has 9 nitrogen and oxygen atoms in total. The van der Waals surface area contributed by atoms with Gasteiger partial charge in [-0.2, -0.15) is 0 Å². The Hall–Kier alpha value is -1.26. The van der Waals surface area contributed by atoms with E-state index in [1.807, 2.05) is 4.90 Å². The summed E-state index contributed by atoms with van der Waals surface area (Å²) in [5.41, 5.74) is 0. The summed E-state index contributed by atoms with van der Waals surface area (Å²) in [5.74, 6) is -0.0357. The molecule has 0 atom stereocenters. The van der Waals surface area contributed by atoms with Gasteiger partial charge in [0.05, 0.1) is 73.2 Å². The fourth-order valence-electron chi connectivity index (χ4n) is 3.03. The Kier molecular flexibility index (Phi) is 18.5. The number of amides is 1. The molecule has 0 radical (unpaired) electrons. The molecule has 1 aliphatic heterocycles. The van der Waals surface area contributed by atoms with Crippen molar-refractivity contribution in [2.75, 3.05) is 86.3 Å². The lowest BCUT2D eigenvalue weighted by molar-refractivity contribution is -0.140. The van der Waals surface area contributed by atoms with E-state index in [-0.39, 0.29) is 11.9 Å². The fraction of sp³-hybridized carbons (Fsp3) is 0.909. The molecule has 1 saturated heterocycles. The third kappa shape index (κ3) is 17.0. The number of carbonyl (C=O) groups is 2. The molecule has 0 unspecified atom stereocenters. The average Bonchev–Trinajstić information content (AvgIpc) is 2.78. The first kappa shape index (κ1) is 27.8. The van der Waals surface area contributed by atoms with Gasteiger partial charge in [0.15, 0.2) is 0 Å². The highest BCUT2D eigenvalue weighted by Crippen LogP contribution is 2.09. The summed E-state index contributed by atoms with van der Waals surface area (Å²) in [6.45, 7) is 6.16. The van der Waals surface area contributed by atoms with Crippen LogP contribution in [0.5, 0.6) is 0 Å². The van der Waals surface area contributed by atoms with Crippen molar-refractivity contribution >= 4 is 11.9 Å². The molecule has 0 spiro atoms. The van der Waals surface area contributed by atoms with Crippen molar-refractivity contribution in [3.8, 4) is 0 Å². The molecule has 1 rings (SSSR count). The third-order valence-electron chi connectivity index (χ3n) is 4.85. The number of rotatable bonds is 8. The molecular formula is C22H41NO8. The Morgan fingerprint density at radius 3 is 1.45 bits per heavy atom. The molecule has 1 fully saturated rings. The molecule has 0 aromatic carbocycles. The molecule has 1 aliphatic rings. The minimum atomic E-state index is -0.161. The number of nitrogens with zero attached hydrogens (tertiary/aromatic N) is 1. The van der Waals surface area contributed by atoms with E-state index in [2.05, 4.69) is 4.74 Å². The largest absolute Gasteiger partial charge is 0.469 e. The van der Waals surface area contributed by atoms with Gasteiger partial charge < -0.3 is 33.3 Å². The summed E-state index contributed by atoms with van der Waals surface area (Å²) in [5, 5.41) is 0. The van der Waals surface area contributed by atoms with Gasteiger partial charge in [-0.1, -0.05) is 19.3 Å². The van der Waals surface area contributed by atoms with Gasteiger partial charge in [0.1, 0.15) is 0 Å². The third-order valence-corrected chi connectivity index (χ3v) is 4.85. The SMILES string of the molecule is COC(=O)CCCCCCCC(=O)N1CCOCCOCCOCCOCCOCC1. The van der Waals surface area contributed by atoms with Gasteiger partial charge in [0.2, 0.25) is 5.91 Å². The summed E-state index contributed by atoms with van der Waals surface area (Å²) in [6.07, 6.45) is 5.63. The Bertz CT molecular complexity index is 431. The predicted octanol–water partition coefficient (Wildman–Crippen LogP) is 1.82. The fourth-order valence-corrected chi connectivity index (χ4v) is 3.03. The molecule has 0 aliphatic carbocycles. The van der Waals surface area contributed by atoms with Crippen LogP contribution in [0.15, 0.2) is 0 Å². The number of hydrogen-bond acceptors (Lipinski definition) is 8. The lowest BCUT2D eigenvalue weighted by Gasteiger charge is -2.23. The Balaban J connectivity index is 2.25. The first-order valence-corrected chi connectivity index (χ1v) is 11.5. The van der Waals surface area contributed by atoms with Crippen LogP contribution in [0, 0.1) is 0 Å². The van der Waals surface area contributed by atoms with Crippen LogP contribution in [0.4, 0.5) is 0 Å². The minimum absolute atomic E-state index is 0.126. The zero-order valence-electron chi connectivity index (χ0n) is 19.1. The van der Waals surface area contributed by atoms with Crippen molar-refractivity contribution < 1.29 is 38.0 Å². The maximum atomic E-state index is 12.6. The van der Waals surface area contributed by atoms with Gasteiger partial charge in [-0.05, 0) is 12.8 Å². The summed E-state index contributed by atoms with van der Waals surface area (Å²) >= 11 is 0. The van der Waals surface area contributed by atoms with Gasteiger partial charge in [0, 0.05) is 25.9 Å². The molecule has 31 heavy (non-hydrogen) atoms. The van der Waals surface area contributed by atoms with E-state index in [0.717, 1.165) is 32.1 Å². The second-order valence-electron chi connectivity index (χ2n) is 7.29. The molecule has 1 amide bonds. The van der Waals surface area contributed by atoms with E-state index in [1.54, 1.807) is 0 Å². The molecule has 9 heteroatoms. The van der Waals surface area contributed by atoms with Gasteiger partial charge in [-0.25, -0.2) is 0 Å². The number of methoxy groups -OCH3 is 1. The van der Waals surface area contributed by atoms with E-state index in [0.29, 0.717) is 92.0 Å². The number of unbranched alkanes of at least 4 members (excludes halogenated alkanes) is 4. The zero-order chi connectivity index (χ0) is 22.4. The standard InChI is InChI=1S/C22H41NO8/c1-26-22(25)8-6-4-2-3-5-7-21(24)23-9-11-27-13-15-29-17-19-31-20-18-30-16-14-28-12-10-23/h2-20H2,1H3. The van der Waals surface area contributed by atoms with Gasteiger partial charge in [-0.3, -0.25) is 9.59 Å². The van der Waals surface area contributed by atoms with Gasteiger partial charge in [0.25, 0.3) is 0 Å². The van der Waals surface area contributed by atoms with Crippen LogP contribution in [0.25, 0.3) is 0 Å². The maximum Gasteiger partial charge on any atom is 0.305 e. The average molecular weight is 448 g/mol. The van der Waals surface area contributed by atoms with E-state index in [1.165, 1.54) is 7.11 Å². The number of ether oxygens (including phenoxy) is 6. The Morgan fingerprint density at radius 2 is 1.00 bits per heavy atom. The van der Waals surface area contributed by atoms with Crippen molar-refractivity contribution in [2.24, 2.45) is 0 Å². The Morgan fingerprint density at radius 1 is 0.613 bits per heavy atom. The van der Waals surface area contributed by atoms with Crippen LogP contribution in [-0.4, -0.2) is 103 Å². The lowest BCUT2D eigenvalue weighted by Crippen LogP contribution is -2.37. The topological polar surface area (TPSA) is 92.8 Å². The number of carbonyl (C=O) groups excluding carboxylic acids is 2. The van der Waals surface area contributed by atoms with Crippen LogP contribution >= 0.6 is 0 Å².